The number of nitrogens with one attached hydrogen (secondary N) is 1. The van der Waals surface area contributed by atoms with E-state index < -0.39 is 0 Å². The fraction of sp³-hybridized carbons (Fsp3) is 0.571. The third-order valence-corrected chi connectivity index (χ3v) is 1.75. The maximum atomic E-state index is 3.15. The van der Waals surface area contributed by atoms with Crippen LogP contribution in [0.15, 0.2) is 6.33 Å². The van der Waals surface area contributed by atoms with Crippen molar-refractivity contribution < 1.29 is 29.0 Å². The van der Waals surface area contributed by atoms with Gasteiger partial charge in [0.25, 0.3) is 0 Å². The van der Waals surface area contributed by atoms with Crippen molar-refractivity contribution in [2.24, 2.45) is 0 Å². The standard InChI is InChI=1S/C7H12N2.HI/c1-4-9-5-8-6(2)7(9)3;/h5H,4H2,1-3H3;1H. The Bertz CT molecular complexity index is 205. The van der Waals surface area contributed by atoms with Gasteiger partial charge in [-0.15, -0.1) is 0 Å². The van der Waals surface area contributed by atoms with Crippen LogP contribution >= 0.6 is 0 Å². The van der Waals surface area contributed by atoms with Crippen LogP contribution in [-0.4, -0.2) is 4.57 Å². The van der Waals surface area contributed by atoms with Crippen LogP contribution in [0.3, 0.4) is 0 Å². The summed E-state index contributed by atoms with van der Waals surface area (Å²) in [6, 6.07) is 0. The molecule has 0 atom stereocenters. The summed E-state index contributed by atoms with van der Waals surface area (Å²) < 4.78 is 2.19. The quantitative estimate of drug-likeness (QED) is 0.512. The second kappa shape index (κ2) is 3.95. The minimum atomic E-state index is 0. The molecule has 0 aromatic carbocycles. The van der Waals surface area contributed by atoms with Crippen molar-refractivity contribution in [3.05, 3.63) is 17.7 Å². The molecule has 58 valence electrons. The highest BCUT2D eigenvalue weighted by Gasteiger charge is 2.04. The second-order valence-corrected chi connectivity index (χ2v) is 2.27. The molecule has 3 heteroatoms. The number of H-pyrrole nitrogens is 1. The number of imidazole rings is 1. The summed E-state index contributed by atoms with van der Waals surface area (Å²) in [5, 5.41) is 0. The number of aromatic nitrogens is 2. The van der Waals surface area contributed by atoms with E-state index in [-0.39, 0.29) is 24.0 Å². The van der Waals surface area contributed by atoms with E-state index in [2.05, 4.69) is 30.3 Å². The highest BCUT2D eigenvalue weighted by molar-refractivity contribution is 5.01. The molecule has 1 aromatic heterocycles. The zero-order chi connectivity index (χ0) is 6.85. The van der Waals surface area contributed by atoms with Crippen LogP contribution in [0.2, 0.25) is 0 Å². The number of halogens is 1. The van der Waals surface area contributed by atoms with E-state index in [0.717, 1.165) is 6.54 Å². The van der Waals surface area contributed by atoms with Gasteiger partial charge in [-0.3, -0.25) is 0 Å². The fourth-order valence-electron chi connectivity index (χ4n) is 0.920. The number of aromatic amines is 1. The number of hydrogen-bond donors (Lipinski definition) is 0. The van der Waals surface area contributed by atoms with Gasteiger partial charge in [0.05, 0.1) is 6.54 Å². The Morgan fingerprint density at radius 1 is 1.50 bits per heavy atom. The molecule has 0 saturated heterocycles. The van der Waals surface area contributed by atoms with Gasteiger partial charge < -0.3 is 24.0 Å². The van der Waals surface area contributed by atoms with E-state index in [1.165, 1.54) is 11.4 Å². The fourth-order valence-corrected chi connectivity index (χ4v) is 0.920. The lowest BCUT2D eigenvalue weighted by molar-refractivity contribution is -0.386. The van der Waals surface area contributed by atoms with E-state index in [1.54, 1.807) is 0 Å². The van der Waals surface area contributed by atoms with Crippen molar-refractivity contribution in [2.75, 3.05) is 0 Å². The van der Waals surface area contributed by atoms with Gasteiger partial charge in [0.2, 0.25) is 6.33 Å². The lowest BCUT2D eigenvalue weighted by atomic mass is 10.4. The van der Waals surface area contributed by atoms with Crippen LogP contribution in [-0.2, 0) is 6.54 Å². The van der Waals surface area contributed by atoms with Gasteiger partial charge in [0.15, 0.2) is 0 Å². The van der Waals surface area contributed by atoms with Crippen molar-refractivity contribution in [2.45, 2.75) is 27.3 Å². The number of rotatable bonds is 1. The molecule has 1 aromatic rings. The molecule has 2 nitrogen and oxygen atoms in total. The maximum Gasteiger partial charge on any atom is 0.241 e. The topological polar surface area (TPSA) is 19.1 Å². The third-order valence-electron chi connectivity index (χ3n) is 1.75. The predicted octanol–water partition coefficient (Wildman–Crippen LogP) is -2.06. The molecular weight excluding hydrogens is 239 g/mol. The summed E-state index contributed by atoms with van der Waals surface area (Å²) >= 11 is 0. The van der Waals surface area contributed by atoms with E-state index in [0.29, 0.717) is 0 Å². The molecular formula is C7H13IN2. The van der Waals surface area contributed by atoms with Crippen molar-refractivity contribution in [3.63, 3.8) is 0 Å². The zero-order valence-electron chi connectivity index (χ0n) is 6.61. The van der Waals surface area contributed by atoms with Crippen LogP contribution in [0, 0.1) is 13.8 Å². The van der Waals surface area contributed by atoms with Crippen LogP contribution in [0.25, 0.3) is 0 Å². The summed E-state index contributed by atoms with van der Waals surface area (Å²) in [7, 11) is 0. The van der Waals surface area contributed by atoms with Crippen molar-refractivity contribution >= 4 is 0 Å². The first-order chi connectivity index (χ1) is 4.25. The minimum absolute atomic E-state index is 0. The zero-order valence-corrected chi connectivity index (χ0v) is 8.77. The molecule has 0 unspecified atom stereocenters. The first-order valence-corrected chi connectivity index (χ1v) is 3.29. The van der Waals surface area contributed by atoms with Gasteiger partial charge in [0, 0.05) is 13.8 Å². The van der Waals surface area contributed by atoms with E-state index >= 15 is 0 Å². The molecule has 10 heavy (non-hydrogen) atoms. The van der Waals surface area contributed by atoms with Crippen LogP contribution < -0.4 is 29.0 Å². The predicted molar refractivity (Wildman–Crippen MR) is 36.1 cm³/mol. The van der Waals surface area contributed by atoms with Gasteiger partial charge >= 0.3 is 0 Å². The molecule has 0 spiro atoms. The van der Waals surface area contributed by atoms with Gasteiger partial charge in [0.1, 0.15) is 11.4 Å². The van der Waals surface area contributed by atoms with Crippen molar-refractivity contribution in [1.29, 1.82) is 0 Å². The van der Waals surface area contributed by atoms with Crippen molar-refractivity contribution in [1.82, 2.24) is 4.57 Å². The third kappa shape index (κ3) is 1.71. The van der Waals surface area contributed by atoms with Crippen LogP contribution in [0.5, 0.6) is 0 Å². The highest BCUT2D eigenvalue weighted by Crippen LogP contribution is 1.98. The largest absolute Gasteiger partial charge is 1.00 e. The number of hydrogen-bond acceptors (Lipinski definition) is 0. The SMILES string of the molecule is CCn1c[nH+]c(C)c1C.[I-]. The maximum absolute atomic E-state index is 3.15. The Kier molecular flexibility index (Phi) is 3.93. The Hall–Kier alpha value is -0.0600. The summed E-state index contributed by atoms with van der Waals surface area (Å²) in [6.07, 6.45) is 2.00. The Morgan fingerprint density at radius 3 is 2.30 bits per heavy atom. The first kappa shape index (κ1) is 9.94. The summed E-state index contributed by atoms with van der Waals surface area (Å²) in [4.78, 5) is 3.15. The van der Waals surface area contributed by atoms with Gasteiger partial charge in [-0.25, -0.2) is 9.55 Å². The normalized spacial score (nSPS) is 9.10. The molecule has 1 heterocycles. The Morgan fingerprint density at radius 2 is 2.10 bits per heavy atom. The monoisotopic (exact) mass is 252 g/mol. The lowest BCUT2D eigenvalue weighted by Crippen LogP contribution is -3.00. The van der Waals surface area contributed by atoms with E-state index in [9.17, 15) is 0 Å². The molecule has 0 aliphatic rings. The Balaban J connectivity index is 0.000000810. The summed E-state index contributed by atoms with van der Waals surface area (Å²) in [6.45, 7) is 7.40. The first-order valence-electron chi connectivity index (χ1n) is 3.29. The molecule has 0 amide bonds. The van der Waals surface area contributed by atoms with Gasteiger partial charge in [-0.05, 0) is 6.92 Å². The van der Waals surface area contributed by atoms with E-state index in [1.807, 2.05) is 6.33 Å². The molecule has 0 radical (unpaired) electrons. The number of nitrogens with zero attached hydrogens (tertiary/aromatic N) is 1. The summed E-state index contributed by atoms with van der Waals surface area (Å²) in [5.41, 5.74) is 2.59. The molecule has 0 saturated carbocycles. The highest BCUT2D eigenvalue weighted by atomic mass is 127. The smallest absolute Gasteiger partial charge is 0.241 e. The summed E-state index contributed by atoms with van der Waals surface area (Å²) in [5.74, 6) is 0. The lowest BCUT2D eigenvalue weighted by Gasteiger charge is -1.88. The number of aryl methyl sites for hydroxylation is 2. The van der Waals surface area contributed by atoms with Crippen LogP contribution in [0.4, 0.5) is 0 Å². The van der Waals surface area contributed by atoms with Crippen LogP contribution in [0.1, 0.15) is 18.3 Å². The van der Waals surface area contributed by atoms with Gasteiger partial charge in [-0.1, -0.05) is 0 Å². The van der Waals surface area contributed by atoms with Crippen molar-refractivity contribution in [3.8, 4) is 0 Å². The molecule has 1 rings (SSSR count). The van der Waals surface area contributed by atoms with Gasteiger partial charge in [-0.2, -0.15) is 0 Å². The molecule has 0 aliphatic carbocycles. The molecule has 1 N–H and O–H groups in total. The Labute approximate surface area is 78.7 Å². The molecule has 0 aliphatic heterocycles. The minimum Gasteiger partial charge on any atom is -1.00 e. The molecule has 0 fully saturated rings. The average Bonchev–Trinajstić information content (AvgIpc) is 2.15. The molecule has 0 bridgehead atoms. The average molecular weight is 252 g/mol. The van der Waals surface area contributed by atoms with E-state index in [4.69, 9.17) is 0 Å². The second-order valence-electron chi connectivity index (χ2n) is 2.27.